The number of carbonyl (C=O) groups is 1. The van der Waals surface area contributed by atoms with Gasteiger partial charge in [-0.3, -0.25) is 0 Å². The summed E-state index contributed by atoms with van der Waals surface area (Å²) in [7, 11) is 0. The molecule has 1 aromatic carbocycles. The van der Waals surface area contributed by atoms with Crippen molar-refractivity contribution in [3.05, 3.63) is 33.4 Å². The molecule has 1 aromatic rings. The summed E-state index contributed by atoms with van der Waals surface area (Å²) in [5.74, 6) is -0.330. The summed E-state index contributed by atoms with van der Waals surface area (Å²) in [4.78, 5) is 11.4. The molecular weight excluding hydrogens is 295 g/mol. The quantitative estimate of drug-likeness (QED) is 0.524. The third-order valence-corrected chi connectivity index (χ3v) is 2.57. The van der Waals surface area contributed by atoms with Crippen molar-refractivity contribution in [2.75, 3.05) is 13.2 Å². The van der Waals surface area contributed by atoms with E-state index in [1.54, 1.807) is 12.1 Å². The molecule has 0 fully saturated rings. The van der Waals surface area contributed by atoms with E-state index in [2.05, 4.69) is 22.6 Å². The first kappa shape index (κ1) is 11.5. The van der Waals surface area contributed by atoms with Gasteiger partial charge in [0.05, 0.1) is 12.2 Å². The highest BCUT2D eigenvalue weighted by molar-refractivity contribution is 14.1. The summed E-state index contributed by atoms with van der Waals surface area (Å²) in [6.07, 6.45) is 0.481. The summed E-state index contributed by atoms with van der Waals surface area (Å²) in [5, 5.41) is 8.51. The van der Waals surface area contributed by atoms with Crippen LogP contribution in [0.1, 0.15) is 16.8 Å². The van der Waals surface area contributed by atoms with Gasteiger partial charge in [-0.15, -0.1) is 0 Å². The second kappa shape index (κ2) is 5.98. The van der Waals surface area contributed by atoms with Crippen LogP contribution in [-0.4, -0.2) is 24.3 Å². The zero-order valence-electron chi connectivity index (χ0n) is 7.57. The van der Waals surface area contributed by atoms with Crippen LogP contribution in [-0.2, 0) is 4.74 Å². The van der Waals surface area contributed by atoms with Gasteiger partial charge in [-0.2, -0.15) is 0 Å². The number of aliphatic hydroxyl groups is 1. The van der Waals surface area contributed by atoms with Crippen LogP contribution in [0.25, 0.3) is 0 Å². The predicted octanol–water partition coefficient (Wildman–Crippen LogP) is 1.83. The smallest absolute Gasteiger partial charge is 0.339 e. The van der Waals surface area contributed by atoms with Gasteiger partial charge >= 0.3 is 5.97 Å². The molecule has 0 heterocycles. The molecule has 0 spiro atoms. The summed E-state index contributed by atoms with van der Waals surface area (Å²) in [6, 6.07) is 7.24. The molecule has 4 heteroatoms. The maximum Gasteiger partial charge on any atom is 0.339 e. The molecule has 76 valence electrons. The third kappa shape index (κ3) is 3.26. The van der Waals surface area contributed by atoms with E-state index in [1.165, 1.54) is 0 Å². The fourth-order valence-electron chi connectivity index (χ4n) is 0.934. The van der Waals surface area contributed by atoms with E-state index in [1.807, 2.05) is 12.1 Å². The summed E-state index contributed by atoms with van der Waals surface area (Å²) in [5.41, 5.74) is 0.575. The van der Waals surface area contributed by atoms with Gasteiger partial charge in [0, 0.05) is 16.6 Å². The zero-order chi connectivity index (χ0) is 10.4. The fourth-order valence-corrected chi connectivity index (χ4v) is 1.54. The molecule has 0 aliphatic rings. The van der Waals surface area contributed by atoms with Crippen LogP contribution in [0.5, 0.6) is 0 Å². The van der Waals surface area contributed by atoms with Crippen LogP contribution >= 0.6 is 22.6 Å². The summed E-state index contributed by atoms with van der Waals surface area (Å²) < 4.78 is 5.82. The van der Waals surface area contributed by atoms with E-state index in [4.69, 9.17) is 9.84 Å². The monoisotopic (exact) mass is 306 g/mol. The maximum absolute atomic E-state index is 11.4. The van der Waals surface area contributed by atoms with Crippen molar-refractivity contribution < 1.29 is 14.6 Å². The number of hydrogen-bond acceptors (Lipinski definition) is 3. The molecule has 0 unspecified atom stereocenters. The van der Waals surface area contributed by atoms with Crippen LogP contribution < -0.4 is 0 Å². The van der Waals surface area contributed by atoms with E-state index in [0.717, 1.165) is 3.57 Å². The van der Waals surface area contributed by atoms with Gasteiger partial charge < -0.3 is 9.84 Å². The Balaban J connectivity index is 2.56. The van der Waals surface area contributed by atoms with Crippen molar-refractivity contribution in [3.8, 4) is 0 Å². The Hall–Kier alpha value is -0.620. The molecule has 0 saturated carbocycles. The Bertz CT molecular complexity index is 312. The predicted molar refractivity (Wildman–Crippen MR) is 61.1 cm³/mol. The van der Waals surface area contributed by atoms with Gasteiger partial charge in [-0.1, -0.05) is 12.1 Å². The number of ether oxygens (including phenoxy) is 1. The Morgan fingerprint density at radius 3 is 2.79 bits per heavy atom. The Labute approximate surface area is 96.2 Å². The van der Waals surface area contributed by atoms with E-state index in [9.17, 15) is 4.79 Å². The van der Waals surface area contributed by atoms with Gasteiger partial charge in [0.15, 0.2) is 0 Å². The lowest BCUT2D eigenvalue weighted by atomic mass is 10.2. The van der Waals surface area contributed by atoms with Gasteiger partial charge in [0.25, 0.3) is 0 Å². The molecule has 3 nitrogen and oxygen atoms in total. The lowest BCUT2D eigenvalue weighted by Gasteiger charge is -2.04. The maximum atomic E-state index is 11.4. The van der Waals surface area contributed by atoms with Crippen molar-refractivity contribution in [2.24, 2.45) is 0 Å². The SMILES string of the molecule is O=C(OCCCO)c1ccccc1I. The molecule has 1 N–H and O–H groups in total. The second-order valence-corrected chi connectivity index (χ2v) is 3.86. The van der Waals surface area contributed by atoms with Crippen molar-refractivity contribution >= 4 is 28.6 Å². The minimum absolute atomic E-state index is 0.0408. The number of rotatable bonds is 4. The van der Waals surface area contributed by atoms with E-state index in [0.29, 0.717) is 12.0 Å². The Morgan fingerprint density at radius 2 is 2.14 bits per heavy atom. The molecule has 0 atom stereocenters. The van der Waals surface area contributed by atoms with Crippen LogP contribution in [0.3, 0.4) is 0 Å². The standard InChI is InChI=1S/C10H11IO3/c11-9-5-2-1-4-8(9)10(13)14-7-3-6-12/h1-2,4-5,12H,3,6-7H2. The van der Waals surface area contributed by atoms with Gasteiger partial charge in [-0.25, -0.2) is 4.79 Å². The topological polar surface area (TPSA) is 46.5 Å². The molecule has 0 aliphatic heterocycles. The first-order valence-corrected chi connectivity index (χ1v) is 5.36. The molecule has 14 heavy (non-hydrogen) atoms. The molecule has 0 amide bonds. The Kier molecular flexibility index (Phi) is 4.89. The normalized spacial score (nSPS) is 9.86. The van der Waals surface area contributed by atoms with Gasteiger partial charge in [0.1, 0.15) is 0 Å². The average Bonchev–Trinajstić information content (AvgIpc) is 2.18. The summed E-state index contributed by atoms with van der Waals surface area (Å²) in [6.45, 7) is 0.305. The van der Waals surface area contributed by atoms with Crippen molar-refractivity contribution in [2.45, 2.75) is 6.42 Å². The number of halogens is 1. The van der Waals surface area contributed by atoms with Crippen molar-refractivity contribution in [1.29, 1.82) is 0 Å². The first-order valence-electron chi connectivity index (χ1n) is 4.28. The molecule has 1 rings (SSSR count). The van der Waals surface area contributed by atoms with Crippen LogP contribution in [0, 0.1) is 3.57 Å². The van der Waals surface area contributed by atoms with E-state index >= 15 is 0 Å². The molecular formula is C10H11IO3. The molecule has 0 bridgehead atoms. The number of carbonyl (C=O) groups excluding carboxylic acids is 1. The Morgan fingerprint density at radius 1 is 1.43 bits per heavy atom. The molecule has 0 aliphatic carbocycles. The number of hydrogen-bond donors (Lipinski definition) is 1. The molecule has 0 aromatic heterocycles. The number of benzene rings is 1. The van der Waals surface area contributed by atoms with Gasteiger partial charge in [-0.05, 0) is 34.7 Å². The minimum atomic E-state index is -0.330. The second-order valence-electron chi connectivity index (χ2n) is 2.69. The summed E-state index contributed by atoms with van der Waals surface area (Å²) >= 11 is 2.09. The zero-order valence-corrected chi connectivity index (χ0v) is 9.73. The van der Waals surface area contributed by atoms with Crippen LogP contribution in [0.2, 0.25) is 0 Å². The number of aliphatic hydroxyl groups excluding tert-OH is 1. The fraction of sp³-hybridized carbons (Fsp3) is 0.300. The van der Waals surface area contributed by atoms with Gasteiger partial charge in [0.2, 0.25) is 0 Å². The van der Waals surface area contributed by atoms with Crippen LogP contribution in [0.4, 0.5) is 0 Å². The highest BCUT2D eigenvalue weighted by Crippen LogP contribution is 2.12. The average molecular weight is 306 g/mol. The number of esters is 1. The largest absolute Gasteiger partial charge is 0.462 e. The third-order valence-electron chi connectivity index (χ3n) is 1.63. The van der Waals surface area contributed by atoms with E-state index in [-0.39, 0.29) is 19.2 Å². The lowest BCUT2D eigenvalue weighted by Crippen LogP contribution is -2.08. The molecule has 0 radical (unpaired) electrons. The lowest BCUT2D eigenvalue weighted by molar-refractivity contribution is 0.0481. The first-order chi connectivity index (χ1) is 6.75. The highest BCUT2D eigenvalue weighted by Gasteiger charge is 2.09. The van der Waals surface area contributed by atoms with Crippen molar-refractivity contribution in [1.82, 2.24) is 0 Å². The van der Waals surface area contributed by atoms with Crippen molar-refractivity contribution in [3.63, 3.8) is 0 Å². The minimum Gasteiger partial charge on any atom is -0.462 e. The van der Waals surface area contributed by atoms with E-state index < -0.39 is 0 Å². The highest BCUT2D eigenvalue weighted by atomic mass is 127. The molecule has 0 saturated heterocycles. The van der Waals surface area contributed by atoms with Crippen LogP contribution in [0.15, 0.2) is 24.3 Å².